The fourth-order valence-electron chi connectivity index (χ4n) is 5.03. The van der Waals surface area contributed by atoms with Gasteiger partial charge in [-0.15, -0.1) is 5.10 Å². The van der Waals surface area contributed by atoms with E-state index in [1.165, 1.54) is 32.1 Å². The van der Waals surface area contributed by atoms with Gasteiger partial charge in [-0.1, -0.05) is 0 Å². The molecule has 1 aromatic heterocycles. The summed E-state index contributed by atoms with van der Waals surface area (Å²) in [5, 5.41) is 12.3. The standard InChI is InChI=1S/C13H21N5/c14-2-1-12-15-16-17-18(12)13-10-4-8-3-9(6-10)7-11(13)5-8/h8-11,13H,1-7,14H2. The van der Waals surface area contributed by atoms with E-state index in [0.717, 1.165) is 35.9 Å². The molecule has 98 valence electrons. The van der Waals surface area contributed by atoms with Crippen molar-refractivity contribution >= 4 is 0 Å². The third kappa shape index (κ3) is 1.53. The number of nitrogens with two attached hydrogens (primary N) is 1. The number of hydrogen-bond donors (Lipinski definition) is 1. The molecule has 0 saturated heterocycles. The highest BCUT2D eigenvalue weighted by Gasteiger charge is 2.49. The molecule has 18 heavy (non-hydrogen) atoms. The summed E-state index contributed by atoms with van der Waals surface area (Å²) in [6.45, 7) is 0.633. The highest BCUT2D eigenvalue weighted by molar-refractivity contribution is 5.02. The zero-order valence-corrected chi connectivity index (χ0v) is 10.7. The van der Waals surface area contributed by atoms with Gasteiger partial charge in [0.1, 0.15) is 0 Å². The predicted octanol–water partition coefficient (Wildman–Crippen LogP) is 1.17. The van der Waals surface area contributed by atoms with Crippen molar-refractivity contribution in [1.29, 1.82) is 0 Å². The molecule has 5 nitrogen and oxygen atoms in total. The first-order chi connectivity index (χ1) is 8.85. The molecule has 0 aromatic carbocycles. The summed E-state index contributed by atoms with van der Waals surface area (Å²) in [6.07, 6.45) is 7.90. The van der Waals surface area contributed by atoms with Crippen molar-refractivity contribution in [3.63, 3.8) is 0 Å². The predicted molar refractivity (Wildman–Crippen MR) is 66.7 cm³/mol. The highest BCUT2D eigenvalue weighted by Crippen LogP contribution is 2.58. The third-order valence-electron chi connectivity index (χ3n) is 5.39. The van der Waals surface area contributed by atoms with Crippen LogP contribution in [0.1, 0.15) is 44.0 Å². The van der Waals surface area contributed by atoms with Crippen LogP contribution in [0.15, 0.2) is 0 Å². The topological polar surface area (TPSA) is 69.6 Å². The first kappa shape index (κ1) is 10.9. The molecule has 1 aromatic rings. The van der Waals surface area contributed by atoms with E-state index in [4.69, 9.17) is 5.73 Å². The van der Waals surface area contributed by atoms with Crippen LogP contribution in [-0.2, 0) is 6.42 Å². The lowest BCUT2D eigenvalue weighted by molar-refractivity contribution is -0.0353. The van der Waals surface area contributed by atoms with Gasteiger partial charge in [-0.25, -0.2) is 4.68 Å². The second-order valence-corrected chi connectivity index (χ2v) is 6.50. The van der Waals surface area contributed by atoms with E-state index in [0.29, 0.717) is 12.6 Å². The Kier molecular flexibility index (Phi) is 2.43. The van der Waals surface area contributed by atoms with E-state index < -0.39 is 0 Å². The van der Waals surface area contributed by atoms with Crippen LogP contribution >= 0.6 is 0 Å². The summed E-state index contributed by atoms with van der Waals surface area (Å²) < 4.78 is 2.12. The molecule has 0 radical (unpaired) electrons. The first-order valence-corrected chi connectivity index (χ1v) is 7.32. The SMILES string of the molecule is NCCc1nnnn1C1C2CC3CC(C2)CC1C3. The fourth-order valence-corrected chi connectivity index (χ4v) is 5.03. The number of rotatable bonds is 3. The average Bonchev–Trinajstić information content (AvgIpc) is 2.76. The molecule has 5 rings (SSSR count). The number of aromatic nitrogens is 4. The molecule has 0 aliphatic heterocycles. The summed E-state index contributed by atoms with van der Waals surface area (Å²) in [4.78, 5) is 0. The van der Waals surface area contributed by atoms with Gasteiger partial charge in [0.25, 0.3) is 0 Å². The maximum Gasteiger partial charge on any atom is 0.152 e. The molecule has 4 saturated carbocycles. The van der Waals surface area contributed by atoms with Crippen LogP contribution in [0.5, 0.6) is 0 Å². The monoisotopic (exact) mass is 247 g/mol. The van der Waals surface area contributed by atoms with Crippen LogP contribution in [0.25, 0.3) is 0 Å². The minimum atomic E-state index is 0.564. The van der Waals surface area contributed by atoms with E-state index >= 15 is 0 Å². The van der Waals surface area contributed by atoms with E-state index in [-0.39, 0.29) is 0 Å². The van der Waals surface area contributed by atoms with Gasteiger partial charge >= 0.3 is 0 Å². The minimum Gasteiger partial charge on any atom is -0.330 e. The van der Waals surface area contributed by atoms with E-state index in [1.807, 2.05) is 0 Å². The summed E-state index contributed by atoms with van der Waals surface area (Å²) >= 11 is 0. The second kappa shape index (κ2) is 4.02. The van der Waals surface area contributed by atoms with Crippen molar-refractivity contribution < 1.29 is 0 Å². The normalized spacial score (nSPS) is 41.5. The maximum absolute atomic E-state index is 5.65. The van der Waals surface area contributed by atoms with Gasteiger partial charge in [-0.05, 0) is 72.7 Å². The smallest absolute Gasteiger partial charge is 0.152 e. The van der Waals surface area contributed by atoms with E-state index in [1.54, 1.807) is 0 Å². The Morgan fingerprint density at radius 3 is 2.33 bits per heavy atom. The molecule has 0 amide bonds. The first-order valence-electron chi connectivity index (χ1n) is 7.32. The molecule has 5 heteroatoms. The lowest BCUT2D eigenvalue weighted by Crippen LogP contribution is -2.46. The largest absolute Gasteiger partial charge is 0.330 e. The van der Waals surface area contributed by atoms with E-state index in [2.05, 4.69) is 20.2 Å². The molecule has 4 aliphatic rings. The van der Waals surface area contributed by atoms with Gasteiger partial charge in [0.15, 0.2) is 5.82 Å². The maximum atomic E-state index is 5.65. The molecular weight excluding hydrogens is 226 g/mol. The molecule has 0 spiro atoms. The van der Waals surface area contributed by atoms with Crippen LogP contribution in [0.4, 0.5) is 0 Å². The summed E-state index contributed by atoms with van der Waals surface area (Å²) in [5.74, 6) is 4.63. The van der Waals surface area contributed by atoms with Crippen molar-refractivity contribution in [3.8, 4) is 0 Å². The Bertz CT molecular complexity index is 412. The summed E-state index contributed by atoms with van der Waals surface area (Å²) in [7, 11) is 0. The Morgan fingerprint density at radius 2 is 1.72 bits per heavy atom. The summed E-state index contributed by atoms with van der Waals surface area (Å²) in [6, 6.07) is 0.564. The molecule has 4 aliphatic carbocycles. The van der Waals surface area contributed by atoms with E-state index in [9.17, 15) is 0 Å². The Morgan fingerprint density at radius 1 is 1.06 bits per heavy atom. The quantitative estimate of drug-likeness (QED) is 0.870. The molecular formula is C13H21N5. The van der Waals surface area contributed by atoms with Crippen LogP contribution in [0.3, 0.4) is 0 Å². The average molecular weight is 247 g/mol. The van der Waals surface area contributed by atoms with Gasteiger partial charge in [0.05, 0.1) is 6.04 Å². The zero-order valence-electron chi connectivity index (χ0n) is 10.7. The fraction of sp³-hybridized carbons (Fsp3) is 0.923. The molecule has 4 fully saturated rings. The van der Waals surface area contributed by atoms with Gasteiger partial charge in [0, 0.05) is 6.42 Å². The summed E-state index contributed by atoms with van der Waals surface area (Å²) in [5.41, 5.74) is 5.65. The van der Waals surface area contributed by atoms with Crippen molar-refractivity contribution in [2.24, 2.45) is 29.4 Å². The number of nitrogens with zero attached hydrogens (tertiary/aromatic N) is 4. The highest BCUT2D eigenvalue weighted by atomic mass is 15.6. The second-order valence-electron chi connectivity index (χ2n) is 6.50. The van der Waals surface area contributed by atoms with Gasteiger partial charge in [0.2, 0.25) is 0 Å². The van der Waals surface area contributed by atoms with Crippen molar-refractivity contribution in [1.82, 2.24) is 20.2 Å². The number of hydrogen-bond acceptors (Lipinski definition) is 4. The third-order valence-corrected chi connectivity index (χ3v) is 5.39. The van der Waals surface area contributed by atoms with Gasteiger partial charge < -0.3 is 5.73 Å². The lowest BCUT2D eigenvalue weighted by atomic mass is 9.54. The van der Waals surface area contributed by atoms with Crippen LogP contribution in [-0.4, -0.2) is 26.8 Å². The van der Waals surface area contributed by atoms with Crippen LogP contribution < -0.4 is 5.73 Å². The Hall–Kier alpha value is -0.970. The lowest BCUT2D eigenvalue weighted by Gasteiger charge is -2.54. The Labute approximate surface area is 107 Å². The van der Waals surface area contributed by atoms with Crippen molar-refractivity contribution in [2.75, 3.05) is 6.54 Å². The van der Waals surface area contributed by atoms with Gasteiger partial charge in [-0.3, -0.25) is 0 Å². The van der Waals surface area contributed by atoms with Crippen LogP contribution in [0, 0.1) is 23.7 Å². The van der Waals surface area contributed by atoms with Gasteiger partial charge in [-0.2, -0.15) is 0 Å². The Balaban J connectivity index is 1.66. The molecule has 0 unspecified atom stereocenters. The molecule has 4 bridgehead atoms. The molecule has 1 heterocycles. The molecule has 0 atom stereocenters. The minimum absolute atomic E-state index is 0.564. The van der Waals surface area contributed by atoms with Crippen LogP contribution in [0.2, 0.25) is 0 Å². The van der Waals surface area contributed by atoms with Crippen molar-refractivity contribution in [2.45, 2.75) is 44.6 Å². The van der Waals surface area contributed by atoms with Crippen molar-refractivity contribution in [3.05, 3.63) is 5.82 Å². The zero-order chi connectivity index (χ0) is 12.1. The molecule has 2 N–H and O–H groups in total. The number of tetrazole rings is 1.